The second-order valence-electron chi connectivity index (χ2n) is 3.74. The molecule has 1 heterocycles. The van der Waals surface area contributed by atoms with Crippen LogP contribution in [-0.4, -0.2) is 41.3 Å². The maximum Gasteiger partial charge on any atom is 0.421 e. The quantitative estimate of drug-likeness (QED) is 0.673. The lowest BCUT2D eigenvalue weighted by atomic mass is 9.85. The summed E-state index contributed by atoms with van der Waals surface area (Å²) >= 11 is 0. The predicted octanol–water partition coefficient (Wildman–Crippen LogP) is 0.604. The van der Waals surface area contributed by atoms with Crippen LogP contribution in [0.3, 0.4) is 0 Å². The van der Waals surface area contributed by atoms with Crippen molar-refractivity contribution in [2.75, 3.05) is 7.11 Å². The number of hydrogen-bond donors (Lipinski definition) is 3. The number of aliphatic hydroxyl groups is 1. The molecule has 0 aliphatic carbocycles. The molecule has 8 heteroatoms. The van der Waals surface area contributed by atoms with Gasteiger partial charge in [-0.15, -0.1) is 0 Å². The first-order chi connectivity index (χ1) is 7.63. The number of nitrogens with one attached hydrogen (secondary N) is 1. The highest BCUT2D eigenvalue weighted by atomic mass is 19.4. The topological polar surface area (TPSA) is 78.8 Å². The zero-order chi connectivity index (χ0) is 13.4. The van der Waals surface area contributed by atoms with E-state index < -0.39 is 41.7 Å². The molecule has 98 valence electrons. The minimum absolute atomic E-state index is 0.675. The highest BCUT2D eigenvalue weighted by Crippen LogP contribution is 2.42. The van der Waals surface area contributed by atoms with Gasteiger partial charge in [-0.3, -0.25) is 0 Å². The van der Waals surface area contributed by atoms with Gasteiger partial charge in [0.1, 0.15) is 11.9 Å². The molecule has 17 heavy (non-hydrogen) atoms. The van der Waals surface area contributed by atoms with Crippen molar-refractivity contribution >= 4 is 5.97 Å². The molecule has 1 aliphatic rings. The van der Waals surface area contributed by atoms with Crippen LogP contribution in [0, 0.1) is 0 Å². The summed E-state index contributed by atoms with van der Waals surface area (Å²) in [6.45, 7) is 0.926. The lowest BCUT2D eigenvalue weighted by molar-refractivity contribution is -0.257. The number of alkyl halides is 3. The van der Waals surface area contributed by atoms with Crippen LogP contribution in [0.2, 0.25) is 0 Å². The van der Waals surface area contributed by atoms with Gasteiger partial charge in [0.15, 0.2) is 5.60 Å². The number of halogens is 3. The highest BCUT2D eigenvalue weighted by Gasteiger charge is 2.59. The van der Waals surface area contributed by atoms with E-state index in [1.807, 2.05) is 0 Å². The SMILES string of the molecule is COC1CC(O)(C(F)(F)F)C(C)=C(C(=O)O)N1. The molecule has 0 bridgehead atoms. The van der Waals surface area contributed by atoms with Crippen LogP contribution in [0.5, 0.6) is 0 Å². The van der Waals surface area contributed by atoms with Gasteiger partial charge in [0.25, 0.3) is 0 Å². The van der Waals surface area contributed by atoms with Gasteiger partial charge in [-0.05, 0) is 12.5 Å². The minimum Gasteiger partial charge on any atom is -0.477 e. The fraction of sp³-hybridized carbons (Fsp3) is 0.667. The summed E-state index contributed by atoms with van der Waals surface area (Å²) in [6, 6.07) is 0. The molecule has 0 spiro atoms. The van der Waals surface area contributed by atoms with Crippen molar-refractivity contribution in [2.45, 2.75) is 31.3 Å². The van der Waals surface area contributed by atoms with Crippen LogP contribution in [0.1, 0.15) is 13.3 Å². The minimum atomic E-state index is -4.96. The van der Waals surface area contributed by atoms with E-state index in [1.54, 1.807) is 0 Å². The van der Waals surface area contributed by atoms with E-state index in [4.69, 9.17) is 5.11 Å². The number of aliphatic carboxylic acids is 1. The van der Waals surface area contributed by atoms with E-state index in [1.165, 1.54) is 0 Å². The Morgan fingerprint density at radius 2 is 2.12 bits per heavy atom. The molecule has 2 atom stereocenters. The van der Waals surface area contributed by atoms with Crippen LogP contribution in [0.4, 0.5) is 13.2 Å². The first kappa shape index (κ1) is 13.8. The van der Waals surface area contributed by atoms with Crippen molar-refractivity contribution in [1.29, 1.82) is 0 Å². The Morgan fingerprint density at radius 3 is 2.47 bits per heavy atom. The average molecular weight is 255 g/mol. The van der Waals surface area contributed by atoms with E-state index in [0.717, 1.165) is 14.0 Å². The van der Waals surface area contributed by atoms with Crippen molar-refractivity contribution < 1.29 is 32.9 Å². The number of hydrogen-bond acceptors (Lipinski definition) is 4. The van der Waals surface area contributed by atoms with Crippen LogP contribution in [0.15, 0.2) is 11.3 Å². The number of carboxylic acids is 1. The normalized spacial score (nSPS) is 30.1. The number of methoxy groups -OCH3 is 1. The van der Waals surface area contributed by atoms with Gasteiger partial charge in [0.2, 0.25) is 0 Å². The third kappa shape index (κ3) is 2.22. The van der Waals surface area contributed by atoms with Crippen LogP contribution in [0.25, 0.3) is 0 Å². The van der Waals surface area contributed by atoms with Gasteiger partial charge in [-0.25, -0.2) is 4.79 Å². The molecule has 0 aromatic carbocycles. The largest absolute Gasteiger partial charge is 0.477 e. The number of carbonyl (C=O) groups is 1. The highest BCUT2D eigenvalue weighted by molar-refractivity contribution is 5.87. The van der Waals surface area contributed by atoms with Crippen molar-refractivity contribution in [3.63, 3.8) is 0 Å². The Bertz CT molecular complexity index is 366. The Morgan fingerprint density at radius 1 is 1.59 bits per heavy atom. The number of rotatable bonds is 2. The lowest BCUT2D eigenvalue weighted by Crippen LogP contribution is -2.56. The van der Waals surface area contributed by atoms with Crippen LogP contribution >= 0.6 is 0 Å². The van der Waals surface area contributed by atoms with E-state index in [-0.39, 0.29) is 0 Å². The zero-order valence-corrected chi connectivity index (χ0v) is 9.13. The smallest absolute Gasteiger partial charge is 0.421 e. The maximum absolute atomic E-state index is 12.8. The molecule has 0 amide bonds. The van der Waals surface area contributed by atoms with Gasteiger partial charge >= 0.3 is 12.1 Å². The zero-order valence-electron chi connectivity index (χ0n) is 9.13. The molecule has 0 saturated heterocycles. The van der Waals surface area contributed by atoms with E-state index >= 15 is 0 Å². The lowest BCUT2D eigenvalue weighted by Gasteiger charge is -2.39. The monoisotopic (exact) mass is 255 g/mol. The summed E-state index contributed by atoms with van der Waals surface area (Å²) in [4.78, 5) is 10.8. The molecule has 1 rings (SSSR count). The molecule has 1 aliphatic heterocycles. The number of ether oxygens (including phenoxy) is 1. The number of carboxylic acid groups (broad SMARTS) is 1. The molecule has 0 aromatic heterocycles. The van der Waals surface area contributed by atoms with Crippen molar-refractivity contribution in [1.82, 2.24) is 5.32 Å². The summed E-state index contributed by atoms with van der Waals surface area (Å²) in [5, 5.41) is 20.7. The molecule has 0 saturated carbocycles. The summed E-state index contributed by atoms with van der Waals surface area (Å²) in [5.74, 6) is -1.58. The van der Waals surface area contributed by atoms with Crippen molar-refractivity contribution in [2.24, 2.45) is 0 Å². The Kier molecular flexibility index (Phi) is 3.40. The third-order valence-electron chi connectivity index (χ3n) is 2.75. The Labute approximate surface area is 94.9 Å². The summed E-state index contributed by atoms with van der Waals surface area (Å²) < 4.78 is 42.9. The molecule has 0 radical (unpaired) electrons. The second kappa shape index (κ2) is 4.19. The summed E-state index contributed by atoms with van der Waals surface area (Å²) in [7, 11) is 1.12. The van der Waals surface area contributed by atoms with Gasteiger partial charge in [-0.1, -0.05) is 0 Å². The van der Waals surface area contributed by atoms with Gasteiger partial charge in [-0.2, -0.15) is 13.2 Å². The van der Waals surface area contributed by atoms with E-state index in [2.05, 4.69) is 10.1 Å². The standard InChI is InChI=1S/C9H12F3NO4/c1-4-6(7(14)15)13-5(17-2)3-8(4,16)9(10,11)12/h5,13,16H,3H2,1-2H3,(H,14,15). The molecule has 3 N–H and O–H groups in total. The van der Waals surface area contributed by atoms with Gasteiger partial charge in [0, 0.05) is 13.5 Å². The first-order valence-corrected chi connectivity index (χ1v) is 4.66. The fourth-order valence-corrected chi connectivity index (χ4v) is 1.64. The maximum atomic E-state index is 12.8. The fourth-order valence-electron chi connectivity index (χ4n) is 1.64. The van der Waals surface area contributed by atoms with Gasteiger partial charge < -0.3 is 20.3 Å². The summed E-state index contributed by atoms with van der Waals surface area (Å²) in [6.07, 6.45) is -6.97. The molecule has 0 fully saturated rings. The Hall–Kier alpha value is -1.28. The van der Waals surface area contributed by atoms with Crippen molar-refractivity contribution in [3.05, 3.63) is 11.3 Å². The van der Waals surface area contributed by atoms with E-state index in [9.17, 15) is 23.1 Å². The van der Waals surface area contributed by atoms with Gasteiger partial charge in [0.05, 0.1) is 0 Å². The second-order valence-corrected chi connectivity index (χ2v) is 3.74. The molecule has 0 aromatic rings. The molecular formula is C9H12F3NO4. The Balaban J connectivity index is 3.30. The molecule has 5 nitrogen and oxygen atoms in total. The predicted molar refractivity (Wildman–Crippen MR) is 49.9 cm³/mol. The van der Waals surface area contributed by atoms with Crippen LogP contribution in [-0.2, 0) is 9.53 Å². The summed E-state index contributed by atoms with van der Waals surface area (Å²) in [5.41, 5.74) is -4.55. The molecular weight excluding hydrogens is 243 g/mol. The third-order valence-corrected chi connectivity index (χ3v) is 2.75. The molecule has 2 unspecified atom stereocenters. The van der Waals surface area contributed by atoms with E-state index in [0.29, 0.717) is 0 Å². The van der Waals surface area contributed by atoms with Crippen LogP contribution < -0.4 is 5.32 Å². The van der Waals surface area contributed by atoms with Crippen molar-refractivity contribution in [3.8, 4) is 0 Å². The first-order valence-electron chi connectivity index (χ1n) is 4.66. The average Bonchev–Trinajstić information content (AvgIpc) is 2.19.